The van der Waals surface area contributed by atoms with Crippen molar-refractivity contribution < 1.29 is 9.90 Å². The highest BCUT2D eigenvalue weighted by Gasteiger charge is 2.55. The maximum atomic E-state index is 12.3. The van der Waals surface area contributed by atoms with Gasteiger partial charge in [-0.25, -0.2) is 0 Å². The van der Waals surface area contributed by atoms with Gasteiger partial charge in [-0.05, 0) is 43.1 Å². The lowest BCUT2D eigenvalue weighted by atomic mass is 9.52. The Morgan fingerprint density at radius 3 is 2.71 bits per heavy atom. The van der Waals surface area contributed by atoms with Crippen molar-refractivity contribution in [3.05, 3.63) is 22.8 Å². The Bertz CT molecular complexity index is 471. The molecule has 0 aromatic heterocycles. The zero-order chi connectivity index (χ0) is 12.4. The fourth-order valence-corrected chi connectivity index (χ4v) is 4.01. The van der Waals surface area contributed by atoms with E-state index in [0.717, 1.165) is 24.0 Å². The molecule has 2 nitrogen and oxygen atoms in total. The highest BCUT2D eigenvalue weighted by Crippen LogP contribution is 2.63. The van der Waals surface area contributed by atoms with Gasteiger partial charge < -0.3 is 5.11 Å². The second-order valence-corrected chi connectivity index (χ2v) is 6.52. The summed E-state index contributed by atoms with van der Waals surface area (Å²) in [5.41, 5.74) is 3.35. The van der Waals surface area contributed by atoms with E-state index >= 15 is 0 Å². The highest BCUT2D eigenvalue weighted by atomic mass is 16.3. The number of aliphatic hydroxyl groups excluding tert-OH is 1. The molecule has 0 aromatic rings. The summed E-state index contributed by atoms with van der Waals surface area (Å²) in [7, 11) is 0. The molecule has 0 heterocycles. The molecule has 3 aliphatic carbocycles. The molecule has 3 atom stereocenters. The zero-order valence-corrected chi connectivity index (χ0v) is 10.8. The van der Waals surface area contributed by atoms with Crippen LogP contribution in [0.15, 0.2) is 22.8 Å². The summed E-state index contributed by atoms with van der Waals surface area (Å²) in [6.45, 7) is 6.47. The fourth-order valence-electron chi connectivity index (χ4n) is 4.01. The van der Waals surface area contributed by atoms with Crippen LogP contribution >= 0.6 is 0 Å². The predicted octanol–water partition coefficient (Wildman–Crippen LogP) is 2.63. The normalized spacial score (nSPS) is 44.1. The fraction of sp³-hybridized carbons (Fsp3) is 0.667. The molecule has 0 radical (unpaired) electrons. The van der Waals surface area contributed by atoms with Gasteiger partial charge in [0.2, 0.25) is 0 Å². The van der Waals surface area contributed by atoms with Crippen LogP contribution in [-0.2, 0) is 4.79 Å². The van der Waals surface area contributed by atoms with Crippen LogP contribution in [0.1, 0.15) is 40.0 Å². The van der Waals surface area contributed by atoms with Gasteiger partial charge in [0.1, 0.15) is 0 Å². The molecule has 1 fully saturated rings. The van der Waals surface area contributed by atoms with Gasteiger partial charge in [0, 0.05) is 11.0 Å². The molecule has 17 heavy (non-hydrogen) atoms. The number of allylic oxidation sites excluding steroid dienone is 3. The summed E-state index contributed by atoms with van der Waals surface area (Å²) in [5, 5.41) is 9.51. The lowest BCUT2D eigenvalue weighted by Crippen LogP contribution is -2.44. The zero-order valence-electron chi connectivity index (χ0n) is 10.8. The van der Waals surface area contributed by atoms with E-state index in [-0.39, 0.29) is 23.2 Å². The first-order valence-corrected chi connectivity index (χ1v) is 6.50. The van der Waals surface area contributed by atoms with E-state index < -0.39 is 0 Å². The van der Waals surface area contributed by atoms with Crippen molar-refractivity contribution in [3.63, 3.8) is 0 Å². The molecule has 3 unspecified atom stereocenters. The van der Waals surface area contributed by atoms with Gasteiger partial charge in [0.15, 0.2) is 5.78 Å². The van der Waals surface area contributed by atoms with Gasteiger partial charge in [-0.2, -0.15) is 0 Å². The summed E-state index contributed by atoms with van der Waals surface area (Å²) < 4.78 is 0. The van der Waals surface area contributed by atoms with Crippen molar-refractivity contribution >= 4 is 5.78 Å². The molecule has 0 aromatic carbocycles. The van der Waals surface area contributed by atoms with Crippen LogP contribution in [0.2, 0.25) is 0 Å². The average molecular weight is 232 g/mol. The van der Waals surface area contributed by atoms with E-state index in [4.69, 9.17) is 0 Å². The van der Waals surface area contributed by atoms with E-state index in [9.17, 15) is 9.90 Å². The van der Waals surface area contributed by atoms with Crippen molar-refractivity contribution in [1.82, 2.24) is 0 Å². The minimum Gasteiger partial charge on any atom is -0.395 e. The predicted molar refractivity (Wildman–Crippen MR) is 66.4 cm³/mol. The third kappa shape index (κ3) is 1.22. The molecule has 1 N–H and O–H groups in total. The maximum absolute atomic E-state index is 12.3. The van der Waals surface area contributed by atoms with Gasteiger partial charge in [-0.1, -0.05) is 25.5 Å². The molecule has 0 aliphatic heterocycles. The van der Waals surface area contributed by atoms with Gasteiger partial charge >= 0.3 is 0 Å². The molecule has 0 spiro atoms. The van der Waals surface area contributed by atoms with Gasteiger partial charge in [-0.15, -0.1) is 0 Å². The smallest absolute Gasteiger partial charge is 0.184 e. The van der Waals surface area contributed by atoms with Crippen molar-refractivity contribution in [2.24, 2.45) is 16.7 Å². The summed E-state index contributed by atoms with van der Waals surface area (Å²) in [5.74, 6) is 0.582. The second-order valence-electron chi connectivity index (χ2n) is 6.52. The molecule has 3 aliphatic rings. The molecule has 0 saturated heterocycles. The quantitative estimate of drug-likeness (QED) is 0.754. The van der Waals surface area contributed by atoms with Gasteiger partial charge in [0.05, 0.1) is 6.61 Å². The van der Waals surface area contributed by atoms with E-state index in [0.29, 0.717) is 5.92 Å². The monoisotopic (exact) mass is 232 g/mol. The van der Waals surface area contributed by atoms with Crippen LogP contribution in [0.5, 0.6) is 0 Å². The first-order valence-electron chi connectivity index (χ1n) is 6.50. The number of carbonyl (C=O) groups is 1. The van der Waals surface area contributed by atoms with Crippen LogP contribution < -0.4 is 0 Å². The van der Waals surface area contributed by atoms with E-state index in [1.165, 1.54) is 12.0 Å². The summed E-state index contributed by atoms with van der Waals surface area (Å²) in [4.78, 5) is 12.3. The molecule has 92 valence electrons. The molecular weight excluding hydrogens is 212 g/mol. The lowest BCUT2D eigenvalue weighted by Gasteiger charge is -2.51. The minimum atomic E-state index is -0.190. The standard InChI is InChI=1S/C15H20O2/c1-9-11-4-5-15(11,3)12-7-14(2,8-16)6-10(12)13(9)17/h6,12,16H,4-5,7-8H2,1-3H3. The summed E-state index contributed by atoms with van der Waals surface area (Å²) >= 11 is 0. The Kier molecular flexibility index (Phi) is 2.05. The van der Waals surface area contributed by atoms with Crippen molar-refractivity contribution in [3.8, 4) is 0 Å². The van der Waals surface area contributed by atoms with E-state index in [2.05, 4.69) is 13.8 Å². The third-order valence-corrected chi connectivity index (χ3v) is 5.32. The number of carbonyl (C=O) groups excluding carboxylic acids is 1. The van der Waals surface area contributed by atoms with Crippen molar-refractivity contribution in [2.45, 2.75) is 40.0 Å². The van der Waals surface area contributed by atoms with E-state index in [1.807, 2.05) is 13.0 Å². The van der Waals surface area contributed by atoms with Crippen LogP contribution in [0, 0.1) is 16.7 Å². The number of rotatable bonds is 1. The Morgan fingerprint density at radius 2 is 2.18 bits per heavy atom. The molecule has 3 rings (SSSR count). The van der Waals surface area contributed by atoms with Crippen LogP contribution in [-0.4, -0.2) is 17.5 Å². The Morgan fingerprint density at radius 1 is 1.47 bits per heavy atom. The number of ketones is 1. The molecule has 1 saturated carbocycles. The number of aliphatic hydroxyl groups is 1. The first kappa shape index (κ1) is 11.2. The van der Waals surface area contributed by atoms with Crippen LogP contribution in [0.4, 0.5) is 0 Å². The number of hydrogen-bond acceptors (Lipinski definition) is 2. The maximum Gasteiger partial charge on any atom is 0.184 e. The van der Waals surface area contributed by atoms with Crippen molar-refractivity contribution in [2.75, 3.05) is 6.61 Å². The first-order chi connectivity index (χ1) is 7.91. The minimum absolute atomic E-state index is 0.144. The lowest BCUT2D eigenvalue weighted by molar-refractivity contribution is -0.114. The highest BCUT2D eigenvalue weighted by molar-refractivity contribution is 6.10. The number of fused-ring (bicyclic) bond motifs is 3. The second kappa shape index (κ2) is 3.11. The van der Waals surface area contributed by atoms with Gasteiger partial charge in [-0.3, -0.25) is 4.79 Å². The van der Waals surface area contributed by atoms with Crippen LogP contribution in [0.25, 0.3) is 0 Å². The third-order valence-electron chi connectivity index (χ3n) is 5.32. The number of Topliss-reactive ketones (excluding diaryl/α,β-unsaturated/α-hetero) is 1. The van der Waals surface area contributed by atoms with E-state index in [1.54, 1.807) is 0 Å². The molecule has 0 bridgehead atoms. The Labute approximate surface area is 102 Å². The molecule has 2 heteroatoms. The number of hydrogen-bond donors (Lipinski definition) is 1. The topological polar surface area (TPSA) is 37.3 Å². The average Bonchev–Trinajstić information content (AvgIpc) is 2.64. The summed E-state index contributed by atoms with van der Waals surface area (Å²) in [6, 6.07) is 0. The molecular formula is C15H20O2. The Balaban J connectivity index is 2.11. The largest absolute Gasteiger partial charge is 0.395 e. The van der Waals surface area contributed by atoms with Crippen LogP contribution in [0.3, 0.4) is 0 Å². The Hall–Kier alpha value is -0.890. The molecule has 0 amide bonds. The van der Waals surface area contributed by atoms with Gasteiger partial charge in [0.25, 0.3) is 0 Å². The summed E-state index contributed by atoms with van der Waals surface area (Å²) in [6.07, 6.45) is 5.26. The van der Waals surface area contributed by atoms with Crippen molar-refractivity contribution in [1.29, 1.82) is 0 Å². The SMILES string of the molecule is CC1=C2CCC2(C)C2CC(C)(CO)C=C2C1=O.